The van der Waals surface area contributed by atoms with Gasteiger partial charge in [-0.3, -0.25) is 20.4 Å². The van der Waals surface area contributed by atoms with Gasteiger partial charge in [0.2, 0.25) is 5.91 Å². The molecule has 8 heteroatoms. The van der Waals surface area contributed by atoms with Gasteiger partial charge in [0.05, 0.1) is 10.6 Å². The Kier molecular flexibility index (Phi) is 6.17. The van der Waals surface area contributed by atoms with Crippen molar-refractivity contribution in [2.45, 2.75) is 18.2 Å². The summed E-state index contributed by atoms with van der Waals surface area (Å²) in [6, 6.07) is 12.5. The Morgan fingerprint density at radius 1 is 0.960 bits per heavy atom. The summed E-state index contributed by atoms with van der Waals surface area (Å²) < 4.78 is 24.3. The highest BCUT2D eigenvalue weighted by Crippen LogP contribution is 2.15. The molecular weight excluding hydrogens is 364 g/mol. The van der Waals surface area contributed by atoms with Crippen molar-refractivity contribution >= 4 is 33.3 Å². The average Bonchev–Trinajstić information content (AvgIpc) is 2.59. The SMILES string of the molecule is Cc1ccc(C(=O)NNC(=O)CCS(=O)(=O)c2ccc(Cl)cc2)cc1. The molecule has 0 bridgehead atoms. The molecule has 2 aromatic rings. The third-order valence-electron chi connectivity index (χ3n) is 3.40. The Hall–Kier alpha value is -2.38. The number of sulfone groups is 1. The van der Waals surface area contributed by atoms with Crippen LogP contribution < -0.4 is 10.9 Å². The number of hydrogen-bond acceptors (Lipinski definition) is 4. The van der Waals surface area contributed by atoms with Gasteiger partial charge in [-0.05, 0) is 43.3 Å². The molecule has 132 valence electrons. The van der Waals surface area contributed by atoms with Crippen molar-refractivity contribution in [1.29, 1.82) is 0 Å². The molecule has 0 atom stereocenters. The minimum Gasteiger partial charge on any atom is -0.273 e. The van der Waals surface area contributed by atoms with Gasteiger partial charge in [0.15, 0.2) is 9.84 Å². The lowest BCUT2D eigenvalue weighted by Gasteiger charge is -2.08. The maximum atomic E-state index is 12.1. The van der Waals surface area contributed by atoms with Crippen molar-refractivity contribution in [1.82, 2.24) is 10.9 Å². The summed E-state index contributed by atoms with van der Waals surface area (Å²) in [7, 11) is -3.60. The summed E-state index contributed by atoms with van der Waals surface area (Å²) >= 11 is 5.72. The highest BCUT2D eigenvalue weighted by atomic mass is 35.5. The summed E-state index contributed by atoms with van der Waals surface area (Å²) in [5.41, 5.74) is 5.85. The Bertz CT molecular complexity index is 863. The monoisotopic (exact) mass is 380 g/mol. The fourth-order valence-electron chi connectivity index (χ4n) is 1.95. The standard InChI is InChI=1S/C17H17ClN2O4S/c1-12-2-4-13(5-3-12)17(22)20-19-16(21)10-11-25(23,24)15-8-6-14(18)7-9-15/h2-9H,10-11H2,1H3,(H,19,21)(H,20,22). The molecule has 2 N–H and O–H groups in total. The van der Waals surface area contributed by atoms with Crippen LogP contribution in [-0.4, -0.2) is 26.0 Å². The molecule has 25 heavy (non-hydrogen) atoms. The number of nitrogens with one attached hydrogen (secondary N) is 2. The quantitative estimate of drug-likeness (QED) is 0.778. The van der Waals surface area contributed by atoms with E-state index in [0.717, 1.165) is 5.56 Å². The molecule has 0 aliphatic heterocycles. The van der Waals surface area contributed by atoms with Gasteiger partial charge in [0.25, 0.3) is 5.91 Å². The average molecular weight is 381 g/mol. The highest BCUT2D eigenvalue weighted by molar-refractivity contribution is 7.91. The molecule has 0 fully saturated rings. The maximum absolute atomic E-state index is 12.1. The number of amides is 2. The van der Waals surface area contributed by atoms with Crippen LogP contribution in [0.5, 0.6) is 0 Å². The third-order valence-corrected chi connectivity index (χ3v) is 5.38. The molecule has 2 rings (SSSR count). The first-order valence-corrected chi connectivity index (χ1v) is 9.45. The number of hydrazine groups is 1. The number of rotatable bonds is 5. The number of benzene rings is 2. The van der Waals surface area contributed by atoms with Crippen LogP contribution in [-0.2, 0) is 14.6 Å². The number of carbonyl (C=O) groups excluding carboxylic acids is 2. The van der Waals surface area contributed by atoms with Gasteiger partial charge in [-0.15, -0.1) is 0 Å². The van der Waals surface area contributed by atoms with Gasteiger partial charge in [-0.25, -0.2) is 8.42 Å². The molecule has 0 spiro atoms. The lowest BCUT2D eigenvalue weighted by atomic mass is 10.1. The second-order valence-corrected chi connectivity index (χ2v) is 7.94. The van der Waals surface area contributed by atoms with E-state index in [1.54, 1.807) is 24.3 Å². The maximum Gasteiger partial charge on any atom is 0.269 e. The van der Waals surface area contributed by atoms with E-state index in [1.165, 1.54) is 24.3 Å². The molecular formula is C17H17ClN2O4S. The largest absolute Gasteiger partial charge is 0.273 e. The van der Waals surface area contributed by atoms with Crippen LogP contribution in [0.15, 0.2) is 53.4 Å². The van der Waals surface area contributed by atoms with E-state index in [1.807, 2.05) is 6.92 Å². The van der Waals surface area contributed by atoms with Gasteiger partial charge in [-0.1, -0.05) is 29.3 Å². The van der Waals surface area contributed by atoms with Crippen LogP contribution in [0.1, 0.15) is 22.3 Å². The fourth-order valence-corrected chi connectivity index (χ4v) is 3.32. The first-order chi connectivity index (χ1) is 11.8. The van der Waals surface area contributed by atoms with Gasteiger partial charge in [0, 0.05) is 17.0 Å². The van der Waals surface area contributed by atoms with E-state index in [-0.39, 0.29) is 17.1 Å². The minimum absolute atomic E-state index is 0.0911. The van der Waals surface area contributed by atoms with Crippen LogP contribution in [0.2, 0.25) is 5.02 Å². The minimum atomic E-state index is -3.60. The summed E-state index contributed by atoms with van der Waals surface area (Å²) in [4.78, 5) is 23.7. The van der Waals surface area contributed by atoms with Crippen LogP contribution in [0.3, 0.4) is 0 Å². The van der Waals surface area contributed by atoms with E-state index >= 15 is 0 Å². The molecule has 6 nitrogen and oxygen atoms in total. The molecule has 0 aliphatic rings. The molecule has 0 unspecified atom stereocenters. The molecule has 0 aliphatic carbocycles. The normalized spacial score (nSPS) is 11.0. The second-order valence-electron chi connectivity index (χ2n) is 5.39. The topological polar surface area (TPSA) is 92.3 Å². The van der Waals surface area contributed by atoms with Crippen molar-refractivity contribution in [3.05, 3.63) is 64.7 Å². The smallest absolute Gasteiger partial charge is 0.269 e. The van der Waals surface area contributed by atoms with Gasteiger partial charge in [-0.2, -0.15) is 0 Å². The van der Waals surface area contributed by atoms with E-state index < -0.39 is 21.7 Å². The van der Waals surface area contributed by atoms with E-state index in [9.17, 15) is 18.0 Å². The van der Waals surface area contributed by atoms with Crippen molar-refractivity contribution in [2.75, 3.05) is 5.75 Å². The highest BCUT2D eigenvalue weighted by Gasteiger charge is 2.17. The van der Waals surface area contributed by atoms with Crippen molar-refractivity contribution in [2.24, 2.45) is 0 Å². The number of carbonyl (C=O) groups is 2. The third kappa shape index (κ3) is 5.58. The van der Waals surface area contributed by atoms with Crippen LogP contribution in [0.25, 0.3) is 0 Å². The second kappa shape index (κ2) is 8.13. The zero-order valence-electron chi connectivity index (χ0n) is 13.5. The Labute approximate surface area is 151 Å². The zero-order chi connectivity index (χ0) is 18.4. The lowest BCUT2D eigenvalue weighted by Crippen LogP contribution is -2.42. The Balaban J connectivity index is 1.85. The lowest BCUT2D eigenvalue weighted by molar-refractivity contribution is -0.121. The zero-order valence-corrected chi connectivity index (χ0v) is 15.0. The van der Waals surface area contributed by atoms with E-state index in [2.05, 4.69) is 10.9 Å². The first-order valence-electron chi connectivity index (χ1n) is 7.42. The molecule has 0 saturated heterocycles. The Morgan fingerprint density at radius 3 is 2.16 bits per heavy atom. The van der Waals surface area contributed by atoms with Crippen molar-refractivity contribution in [3.63, 3.8) is 0 Å². The molecule has 0 saturated carbocycles. The summed E-state index contributed by atoms with van der Waals surface area (Å²) in [6.07, 6.45) is -0.279. The van der Waals surface area contributed by atoms with Crippen LogP contribution >= 0.6 is 11.6 Å². The molecule has 0 radical (unpaired) electrons. The van der Waals surface area contributed by atoms with E-state index in [0.29, 0.717) is 10.6 Å². The Morgan fingerprint density at radius 2 is 1.56 bits per heavy atom. The molecule has 2 aromatic carbocycles. The van der Waals surface area contributed by atoms with Gasteiger partial charge >= 0.3 is 0 Å². The fraction of sp³-hybridized carbons (Fsp3) is 0.176. The predicted octanol–water partition coefficient (Wildman–Crippen LogP) is 2.27. The van der Waals surface area contributed by atoms with Crippen LogP contribution in [0, 0.1) is 6.92 Å². The predicted molar refractivity (Wildman–Crippen MR) is 94.9 cm³/mol. The van der Waals surface area contributed by atoms with Crippen molar-refractivity contribution < 1.29 is 18.0 Å². The summed E-state index contributed by atoms with van der Waals surface area (Å²) in [5.74, 6) is -1.45. The van der Waals surface area contributed by atoms with Gasteiger partial charge in [0.1, 0.15) is 0 Å². The number of aryl methyl sites for hydroxylation is 1. The number of hydrogen-bond donors (Lipinski definition) is 2. The molecule has 0 heterocycles. The summed E-state index contributed by atoms with van der Waals surface area (Å²) in [5, 5.41) is 0.426. The van der Waals surface area contributed by atoms with Crippen LogP contribution in [0.4, 0.5) is 0 Å². The molecule has 0 aromatic heterocycles. The van der Waals surface area contributed by atoms with E-state index in [4.69, 9.17) is 11.6 Å². The molecule has 2 amide bonds. The van der Waals surface area contributed by atoms with Crippen molar-refractivity contribution in [3.8, 4) is 0 Å². The first kappa shape index (κ1) is 19.0. The number of halogens is 1. The summed E-state index contributed by atoms with van der Waals surface area (Å²) in [6.45, 7) is 1.89. The van der Waals surface area contributed by atoms with Gasteiger partial charge < -0.3 is 0 Å².